The van der Waals surface area contributed by atoms with E-state index in [1.54, 1.807) is 48.5 Å². The van der Waals surface area contributed by atoms with Crippen LogP contribution in [0, 0.1) is 0 Å². The minimum Gasteiger partial charge on any atom is -0.394 e. The largest absolute Gasteiger partial charge is 0.394 e. The third-order valence-electron chi connectivity index (χ3n) is 8.22. The molecule has 6 rings (SSSR count). The van der Waals surface area contributed by atoms with Gasteiger partial charge >= 0.3 is 0 Å². The van der Waals surface area contributed by atoms with Crippen LogP contribution in [0.5, 0.6) is 0 Å². The Morgan fingerprint density at radius 2 is 0.905 bits per heavy atom. The zero-order valence-electron chi connectivity index (χ0n) is 21.9. The molecule has 0 unspecified atom stereocenters. The fraction of sp³-hybridized carbons (Fsp3) is 0.429. The molecule has 4 aliphatic rings. The Morgan fingerprint density at radius 3 is 1.26 bits per heavy atom. The Morgan fingerprint density at radius 1 is 0.548 bits per heavy atom. The molecule has 4 aliphatic heterocycles. The Hall–Kier alpha value is -3.28. The molecule has 0 spiro atoms. The van der Waals surface area contributed by atoms with Gasteiger partial charge in [-0.15, -0.1) is 0 Å². The first kappa shape index (κ1) is 28.8. The molecular weight excluding hydrogens is 556 g/mol. The number of amides is 2. The van der Waals surface area contributed by atoms with Crippen molar-refractivity contribution in [3.63, 3.8) is 0 Å². The molecule has 0 bridgehead atoms. The second kappa shape index (κ2) is 10.8. The minimum atomic E-state index is -1.78. The SMILES string of the molecule is O=C1/C(=C2/C(=O)N([C@@H]3O[C@H](CO)[C@@H](O)[C@H](O)[C@@H]3O)c3ccccc32)c2ccccc2N1[C@@H]1O[C@H](CO)[C@@H](O)[C@H](O)[C@@H]1O. The summed E-state index contributed by atoms with van der Waals surface area (Å²) in [6, 6.07) is 12.7. The molecule has 224 valence electrons. The highest BCUT2D eigenvalue weighted by molar-refractivity contribution is 6.50. The van der Waals surface area contributed by atoms with E-state index < -0.39 is 86.3 Å². The molecule has 0 aliphatic carbocycles. The van der Waals surface area contributed by atoms with Crippen molar-refractivity contribution in [3.8, 4) is 0 Å². The van der Waals surface area contributed by atoms with Crippen LogP contribution in [-0.4, -0.2) is 127 Å². The zero-order valence-corrected chi connectivity index (χ0v) is 21.9. The summed E-state index contributed by atoms with van der Waals surface area (Å²) in [5.41, 5.74) is 0.845. The lowest BCUT2D eigenvalue weighted by molar-refractivity contribution is -0.228. The van der Waals surface area contributed by atoms with Gasteiger partial charge in [0.05, 0.1) is 35.7 Å². The van der Waals surface area contributed by atoms with Gasteiger partial charge in [0.1, 0.15) is 48.8 Å². The van der Waals surface area contributed by atoms with Crippen molar-refractivity contribution in [2.45, 2.75) is 61.3 Å². The van der Waals surface area contributed by atoms with E-state index in [1.807, 2.05) is 0 Å². The summed E-state index contributed by atoms with van der Waals surface area (Å²) in [5.74, 6) is -1.57. The highest BCUT2D eigenvalue weighted by atomic mass is 16.6. The number of nitrogens with zero attached hydrogens (tertiary/aromatic N) is 2. The van der Waals surface area contributed by atoms with Crippen molar-refractivity contribution in [3.05, 3.63) is 59.7 Å². The van der Waals surface area contributed by atoms with Crippen molar-refractivity contribution >= 4 is 34.3 Å². The normalized spacial score (nSPS) is 38.2. The average molecular weight is 587 g/mol. The summed E-state index contributed by atoms with van der Waals surface area (Å²) < 4.78 is 11.3. The Kier molecular flexibility index (Phi) is 7.39. The van der Waals surface area contributed by atoms with Crippen LogP contribution >= 0.6 is 0 Å². The zero-order chi connectivity index (χ0) is 30.0. The van der Waals surface area contributed by atoms with Crippen LogP contribution in [0.1, 0.15) is 11.1 Å². The van der Waals surface area contributed by atoms with Crippen LogP contribution in [0.2, 0.25) is 0 Å². The Labute approximate surface area is 238 Å². The lowest BCUT2D eigenvalue weighted by atomic mass is 9.96. The van der Waals surface area contributed by atoms with Crippen molar-refractivity contribution in [2.24, 2.45) is 0 Å². The molecule has 2 amide bonds. The van der Waals surface area contributed by atoms with Crippen LogP contribution in [0.3, 0.4) is 0 Å². The van der Waals surface area contributed by atoms with Crippen LogP contribution in [0.15, 0.2) is 48.5 Å². The van der Waals surface area contributed by atoms with Gasteiger partial charge in [-0.25, -0.2) is 0 Å². The first-order valence-electron chi connectivity index (χ1n) is 13.3. The number of benzene rings is 2. The average Bonchev–Trinajstić information content (AvgIpc) is 3.44. The fourth-order valence-corrected chi connectivity index (χ4v) is 6.06. The van der Waals surface area contributed by atoms with Gasteiger partial charge in [0.2, 0.25) is 0 Å². The van der Waals surface area contributed by atoms with Gasteiger partial charge in [-0.2, -0.15) is 0 Å². The second-order valence-corrected chi connectivity index (χ2v) is 10.6. The molecule has 14 nitrogen and oxygen atoms in total. The number of ether oxygens (including phenoxy) is 2. The molecule has 2 fully saturated rings. The molecule has 42 heavy (non-hydrogen) atoms. The lowest BCUT2D eigenvalue weighted by Gasteiger charge is -2.43. The van der Waals surface area contributed by atoms with Gasteiger partial charge in [0.25, 0.3) is 11.8 Å². The standard InChI is InChI=1S/C28H30N2O12/c31-9-15-19(33)21(35)23(37)27(41-15)29-13-7-3-1-5-11(13)17(25(29)39)18-12-6-2-4-8-14(12)30(26(18)40)28-24(38)22(36)20(34)16(10-32)42-28/h1-8,15-16,19-24,27-28,31-38H,9-10H2/b18-17+/t15-,16-,19-,20-,21+,22+,23+,24+,27-,28-/m1/s1. The number of hydrogen-bond acceptors (Lipinski definition) is 12. The molecule has 10 atom stereocenters. The van der Waals surface area contributed by atoms with Crippen molar-refractivity contribution in [2.75, 3.05) is 23.0 Å². The van der Waals surface area contributed by atoms with Gasteiger partial charge in [-0.3, -0.25) is 19.4 Å². The first-order chi connectivity index (χ1) is 20.1. The number of carbonyl (C=O) groups is 2. The molecule has 14 heteroatoms. The van der Waals surface area contributed by atoms with E-state index in [9.17, 15) is 50.4 Å². The molecule has 0 saturated carbocycles. The molecule has 0 aromatic heterocycles. The van der Waals surface area contributed by atoms with Gasteiger partial charge in [-0.05, 0) is 12.1 Å². The maximum Gasteiger partial charge on any atom is 0.262 e. The van der Waals surface area contributed by atoms with Crippen molar-refractivity contribution in [1.82, 2.24) is 0 Å². The van der Waals surface area contributed by atoms with Crippen LogP contribution in [-0.2, 0) is 19.1 Å². The first-order valence-corrected chi connectivity index (χ1v) is 13.3. The fourth-order valence-electron chi connectivity index (χ4n) is 6.06. The number of anilines is 2. The maximum absolute atomic E-state index is 14.2. The summed E-state index contributed by atoms with van der Waals surface area (Å²) >= 11 is 0. The minimum absolute atomic E-state index is 0.0906. The summed E-state index contributed by atoms with van der Waals surface area (Å²) in [4.78, 5) is 30.5. The van der Waals surface area contributed by atoms with E-state index in [1.165, 1.54) is 0 Å². The van der Waals surface area contributed by atoms with E-state index >= 15 is 0 Å². The van der Waals surface area contributed by atoms with Gasteiger partial charge < -0.3 is 50.3 Å². The quantitative estimate of drug-likeness (QED) is 0.167. The predicted molar refractivity (Wildman–Crippen MR) is 142 cm³/mol. The van der Waals surface area contributed by atoms with Gasteiger partial charge in [0.15, 0.2) is 12.5 Å². The van der Waals surface area contributed by atoms with E-state index in [0.29, 0.717) is 0 Å². The van der Waals surface area contributed by atoms with Crippen molar-refractivity contribution in [1.29, 1.82) is 0 Å². The summed E-state index contributed by atoms with van der Waals surface area (Å²) in [5, 5.41) is 82.3. The van der Waals surface area contributed by atoms with Crippen LogP contribution in [0.25, 0.3) is 11.1 Å². The highest BCUT2D eigenvalue weighted by Gasteiger charge is 2.54. The molecule has 0 radical (unpaired) electrons. The number of hydrogen-bond donors (Lipinski definition) is 8. The lowest BCUT2D eigenvalue weighted by Crippen LogP contribution is -2.64. The highest BCUT2D eigenvalue weighted by Crippen LogP contribution is 2.49. The molecule has 8 N–H and O–H groups in total. The van der Waals surface area contributed by atoms with E-state index in [2.05, 4.69) is 0 Å². The molecule has 2 aromatic rings. The van der Waals surface area contributed by atoms with Gasteiger partial charge in [-0.1, -0.05) is 36.4 Å². The number of aliphatic hydroxyl groups excluding tert-OH is 8. The second-order valence-electron chi connectivity index (χ2n) is 10.6. The topological polar surface area (TPSA) is 221 Å². The van der Waals surface area contributed by atoms with Gasteiger partial charge in [0, 0.05) is 11.1 Å². The number of fused-ring (bicyclic) bond motifs is 2. The van der Waals surface area contributed by atoms with E-state index in [4.69, 9.17) is 9.47 Å². The molecule has 2 aromatic carbocycles. The third-order valence-corrected chi connectivity index (χ3v) is 8.22. The third kappa shape index (κ3) is 4.11. The molecular formula is C28H30N2O12. The predicted octanol–water partition coefficient (Wildman–Crippen LogP) is -3.11. The van der Waals surface area contributed by atoms with E-state index in [0.717, 1.165) is 9.80 Å². The summed E-state index contributed by atoms with van der Waals surface area (Å²) in [6.07, 6.45) is -16.0. The summed E-state index contributed by atoms with van der Waals surface area (Å²) in [7, 11) is 0. The number of rotatable bonds is 4. The molecule has 2 saturated heterocycles. The van der Waals surface area contributed by atoms with Crippen LogP contribution < -0.4 is 9.80 Å². The number of carbonyl (C=O) groups excluding carboxylic acids is 2. The summed E-state index contributed by atoms with van der Waals surface area (Å²) in [6.45, 7) is -1.42. The Balaban J connectivity index is 1.48. The molecule has 4 heterocycles. The monoisotopic (exact) mass is 586 g/mol. The number of para-hydroxylation sites is 2. The Bertz CT molecular complexity index is 1320. The maximum atomic E-state index is 14.2. The number of aliphatic hydroxyl groups is 8. The van der Waals surface area contributed by atoms with Crippen LogP contribution in [0.4, 0.5) is 11.4 Å². The van der Waals surface area contributed by atoms with E-state index in [-0.39, 0.29) is 33.6 Å². The smallest absolute Gasteiger partial charge is 0.262 e. The van der Waals surface area contributed by atoms with Crippen molar-refractivity contribution < 1.29 is 59.9 Å².